The van der Waals surface area contributed by atoms with Gasteiger partial charge in [-0.1, -0.05) is 0 Å². The second-order valence-corrected chi connectivity index (χ2v) is 2.42. The van der Waals surface area contributed by atoms with Gasteiger partial charge < -0.3 is 0 Å². The van der Waals surface area contributed by atoms with Crippen LogP contribution in [0.2, 0.25) is 0 Å². The number of nitrogens with two attached hydrogens (primary N) is 1. The van der Waals surface area contributed by atoms with Gasteiger partial charge in [-0.05, 0) is 0 Å². The van der Waals surface area contributed by atoms with Gasteiger partial charge >= 0.3 is 55.6 Å². The summed E-state index contributed by atoms with van der Waals surface area (Å²) < 4.78 is -0.0671. The fourth-order valence-electron chi connectivity index (χ4n) is 0.0781. The molecule has 0 fully saturated rings. The third-order valence-electron chi connectivity index (χ3n) is 0.514. The Labute approximate surface area is 56.1 Å². The summed E-state index contributed by atoms with van der Waals surface area (Å²) in [6.45, 7) is 0. The molecule has 0 rings (SSSR count). The van der Waals surface area contributed by atoms with E-state index in [4.69, 9.17) is 5.73 Å². The van der Waals surface area contributed by atoms with Crippen molar-refractivity contribution in [3.8, 4) is 0 Å². The number of thiol groups is 1. The number of hydrogen-bond donors (Lipinski definition) is 2. The van der Waals surface area contributed by atoms with Crippen LogP contribution in [-0.2, 0) is 4.79 Å². The molecule has 0 unspecified atom stereocenters. The Morgan fingerprint density at radius 2 is 2.43 bits per heavy atom. The molecule has 0 aliphatic heterocycles. The van der Waals surface area contributed by atoms with Crippen LogP contribution < -0.4 is 5.73 Å². The number of carbonyl (C=O) groups excluding carboxylic acids is 1. The summed E-state index contributed by atoms with van der Waals surface area (Å²) in [7, 11) is 0. The Morgan fingerprint density at radius 3 is 2.43 bits per heavy atom. The average molecular weight is 184 g/mol. The van der Waals surface area contributed by atoms with Crippen molar-refractivity contribution in [2.75, 3.05) is 5.75 Å². The topological polar surface area (TPSA) is 43.1 Å². The molecular formula is C3H7NOSSe. The molecule has 0 amide bonds. The molecule has 0 saturated heterocycles. The predicted molar refractivity (Wildman–Crippen MR) is 34.0 cm³/mol. The van der Waals surface area contributed by atoms with Crippen LogP contribution in [0.4, 0.5) is 0 Å². The first-order valence-corrected chi connectivity index (χ1v) is 3.34. The van der Waals surface area contributed by atoms with E-state index in [1.165, 1.54) is 0 Å². The van der Waals surface area contributed by atoms with Crippen molar-refractivity contribution < 1.29 is 4.79 Å². The summed E-state index contributed by atoms with van der Waals surface area (Å²) in [5.41, 5.74) is 5.17. The van der Waals surface area contributed by atoms with Crippen molar-refractivity contribution in [1.82, 2.24) is 0 Å². The van der Waals surface area contributed by atoms with Gasteiger partial charge in [0.1, 0.15) is 0 Å². The molecule has 0 spiro atoms. The fourth-order valence-corrected chi connectivity index (χ4v) is 0.748. The molecule has 42 valence electrons. The van der Waals surface area contributed by atoms with E-state index < -0.39 is 6.04 Å². The molecule has 0 bridgehead atoms. The molecule has 0 aromatic rings. The molecule has 0 aromatic heterocycles. The van der Waals surface area contributed by atoms with Crippen molar-refractivity contribution in [2.24, 2.45) is 5.73 Å². The maximum absolute atomic E-state index is 10.2. The van der Waals surface area contributed by atoms with Crippen molar-refractivity contribution in [2.45, 2.75) is 6.04 Å². The minimum atomic E-state index is -0.400. The molecule has 0 radical (unpaired) electrons. The molecule has 0 aliphatic carbocycles. The second kappa shape index (κ2) is 3.50. The summed E-state index contributed by atoms with van der Waals surface area (Å²) in [5, 5.41) is 0. The SMILES string of the molecule is N[C@@H](CS)C(=O)[SeH]. The van der Waals surface area contributed by atoms with E-state index in [2.05, 4.69) is 12.6 Å². The first-order chi connectivity index (χ1) is 3.18. The van der Waals surface area contributed by atoms with Gasteiger partial charge in [-0.3, -0.25) is 0 Å². The van der Waals surface area contributed by atoms with Gasteiger partial charge in [0.2, 0.25) is 0 Å². The van der Waals surface area contributed by atoms with E-state index in [0.29, 0.717) is 5.75 Å². The van der Waals surface area contributed by atoms with E-state index in [1.807, 2.05) is 16.0 Å². The molecule has 2 N–H and O–H groups in total. The van der Waals surface area contributed by atoms with E-state index in [1.54, 1.807) is 0 Å². The van der Waals surface area contributed by atoms with E-state index in [9.17, 15) is 4.79 Å². The number of carbonyl (C=O) groups is 1. The van der Waals surface area contributed by atoms with Crippen LogP contribution in [0.15, 0.2) is 0 Å². The van der Waals surface area contributed by atoms with Gasteiger partial charge in [-0.25, -0.2) is 0 Å². The fraction of sp³-hybridized carbons (Fsp3) is 0.667. The zero-order chi connectivity index (χ0) is 5.86. The Balaban J connectivity index is 3.34. The van der Waals surface area contributed by atoms with Crippen LogP contribution in [0.5, 0.6) is 0 Å². The summed E-state index contributed by atoms with van der Waals surface area (Å²) in [6, 6.07) is -0.400. The zero-order valence-corrected chi connectivity index (χ0v) is 6.44. The summed E-state index contributed by atoms with van der Waals surface area (Å²) in [4.78, 5) is 10.2. The van der Waals surface area contributed by atoms with Crippen LogP contribution in [0, 0.1) is 0 Å². The summed E-state index contributed by atoms with van der Waals surface area (Å²) in [6.07, 6.45) is 0. The van der Waals surface area contributed by atoms with Gasteiger partial charge in [-0.15, -0.1) is 0 Å². The molecule has 0 aromatic carbocycles. The van der Waals surface area contributed by atoms with Crippen molar-refractivity contribution in [3.63, 3.8) is 0 Å². The van der Waals surface area contributed by atoms with Gasteiger partial charge in [0.05, 0.1) is 0 Å². The first kappa shape index (κ1) is 7.50. The molecule has 0 heterocycles. The number of rotatable bonds is 2. The maximum atomic E-state index is 10.2. The first-order valence-electron chi connectivity index (χ1n) is 1.77. The van der Waals surface area contributed by atoms with Gasteiger partial charge in [0, 0.05) is 0 Å². The average Bonchev–Trinajstić information content (AvgIpc) is 1.65. The van der Waals surface area contributed by atoms with Gasteiger partial charge in [0.15, 0.2) is 0 Å². The van der Waals surface area contributed by atoms with E-state index in [-0.39, 0.29) is 4.68 Å². The molecule has 4 heteroatoms. The van der Waals surface area contributed by atoms with Gasteiger partial charge in [-0.2, -0.15) is 0 Å². The Morgan fingerprint density at radius 1 is 2.00 bits per heavy atom. The Kier molecular flexibility index (Phi) is 3.74. The van der Waals surface area contributed by atoms with E-state index >= 15 is 0 Å². The monoisotopic (exact) mass is 185 g/mol. The number of hydrogen-bond acceptors (Lipinski definition) is 3. The van der Waals surface area contributed by atoms with Crippen LogP contribution in [0.1, 0.15) is 0 Å². The molecule has 0 aliphatic rings. The molecule has 2 nitrogen and oxygen atoms in total. The minimum absolute atomic E-state index is 0.0671. The molecule has 1 atom stereocenters. The van der Waals surface area contributed by atoms with Crippen LogP contribution in [0.3, 0.4) is 0 Å². The van der Waals surface area contributed by atoms with Crippen molar-refractivity contribution in [3.05, 3.63) is 0 Å². The normalized spacial score (nSPS) is 13.6. The van der Waals surface area contributed by atoms with Crippen LogP contribution in [-0.4, -0.2) is 32.5 Å². The quantitative estimate of drug-likeness (QED) is 0.412. The molecule has 7 heavy (non-hydrogen) atoms. The Hall–Kier alpha value is 0.499. The van der Waals surface area contributed by atoms with E-state index in [0.717, 1.165) is 0 Å². The Bertz CT molecular complexity index is 77.3. The summed E-state index contributed by atoms with van der Waals surface area (Å²) >= 11 is 5.67. The van der Waals surface area contributed by atoms with Gasteiger partial charge in [0.25, 0.3) is 0 Å². The zero-order valence-electron chi connectivity index (χ0n) is 3.66. The van der Waals surface area contributed by atoms with Crippen LogP contribution in [0.25, 0.3) is 0 Å². The third-order valence-corrected chi connectivity index (χ3v) is 1.60. The standard InChI is InChI=1S/C3H7NOSSe/c4-2(1-6)3(5)7/h2,6H,1,4H2,(H,5,7)/t2-/m0/s1. The van der Waals surface area contributed by atoms with Crippen molar-refractivity contribution >= 4 is 33.3 Å². The van der Waals surface area contributed by atoms with Crippen molar-refractivity contribution in [1.29, 1.82) is 0 Å². The predicted octanol–water partition coefficient (Wildman–Crippen LogP) is -1.33. The third kappa shape index (κ3) is 3.11. The second-order valence-electron chi connectivity index (χ2n) is 1.13. The summed E-state index contributed by atoms with van der Waals surface area (Å²) in [5.74, 6) is 0.424. The van der Waals surface area contributed by atoms with Crippen LogP contribution >= 0.6 is 12.6 Å². The molecule has 0 saturated carbocycles. The molecular weight excluding hydrogens is 177 g/mol.